The maximum absolute atomic E-state index is 6.57. The summed E-state index contributed by atoms with van der Waals surface area (Å²) in [5.41, 5.74) is 1.46. The smallest absolute Gasteiger partial charge is 0.192 e. The van der Waals surface area contributed by atoms with Crippen LogP contribution >= 0.6 is 0 Å². The fourth-order valence-corrected chi connectivity index (χ4v) is 3.89. The maximum atomic E-state index is 6.57. The first-order valence-corrected chi connectivity index (χ1v) is 11.2. The van der Waals surface area contributed by atoms with Gasteiger partial charge in [0.15, 0.2) is 8.32 Å². The van der Waals surface area contributed by atoms with Crippen molar-refractivity contribution in [3.05, 3.63) is 23.5 Å². The first-order valence-electron chi connectivity index (χ1n) is 8.29. The summed E-state index contributed by atoms with van der Waals surface area (Å²) in [6, 6.07) is 0. The molecule has 21 heavy (non-hydrogen) atoms. The first-order chi connectivity index (χ1) is 9.71. The molecule has 0 saturated heterocycles. The molecular weight excluding hydrogens is 276 g/mol. The molecule has 1 rings (SSSR count). The average molecular weight is 311 g/mol. The zero-order valence-corrected chi connectivity index (χ0v) is 16.1. The van der Waals surface area contributed by atoms with E-state index in [1.54, 1.807) is 7.11 Å². The van der Waals surface area contributed by atoms with Crippen molar-refractivity contribution in [2.24, 2.45) is 0 Å². The molecule has 0 aromatic heterocycles. The van der Waals surface area contributed by atoms with Crippen LogP contribution in [0.15, 0.2) is 23.5 Å². The van der Waals surface area contributed by atoms with E-state index < -0.39 is 8.32 Å². The molecule has 0 N–H and O–H groups in total. The molecule has 0 aromatic rings. The summed E-state index contributed by atoms with van der Waals surface area (Å²) in [7, 11) is 0.127. The molecule has 0 amide bonds. The Balaban J connectivity index is 2.61. The van der Waals surface area contributed by atoms with Crippen LogP contribution in [0.4, 0.5) is 0 Å². The van der Waals surface area contributed by atoms with Gasteiger partial charge in [-0.25, -0.2) is 0 Å². The van der Waals surface area contributed by atoms with Crippen molar-refractivity contribution in [1.82, 2.24) is 0 Å². The Bertz CT molecular complexity index is 389. The second-order valence-corrected chi connectivity index (χ2v) is 12.3. The molecule has 1 atom stereocenters. The second kappa shape index (κ2) is 7.64. The second-order valence-electron chi connectivity index (χ2n) is 7.56. The Kier molecular flexibility index (Phi) is 6.73. The van der Waals surface area contributed by atoms with Gasteiger partial charge in [0.2, 0.25) is 0 Å². The number of hydrogen-bond donors (Lipinski definition) is 0. The monoisotopic (exact) mass is 310 g/mol. The third-order valence-electron chi connectivity index (χ3n) is 4.97. The molecule has 0 aromatic carbocycles. The van der Waals surface area contributed by atoms with Crippen molar-refractivity contribution in [3.63, 3.8) is 0 Å². The van der Waals surface area contributed by atoms with Crippen molar-refractivity contribution >= 4 is 8.32 Å². The summed E-state index contributed by atoms with van der Waals surface area (Å²) in [6.07, 6.45) is 10.1. The summed E-state index contributed by atoms with van der Waals surface area (Å²) < 4.78 is 12.1. The predicted molar refractivity (Wildman–Crippen MR) is 94.0 cm³/mol. The Labute approximate surface area is 132 Å². The van der Waals surface area contributed by atoms with Gasteiger partial charge in [-0.15, -0.1) is 0 Å². The highest BCUT2D eigenvalue weighted by Gasteiger charge is 2.38. The fourth-order valence-electron chi connectivity index (χ4n) is 2.42. The quantitative estimate of drug-likeness (QED) is 0.436. The van der Waals surface area contributed by atoms with E-state index in [1.165, 1.54) is 11.3 Å². The minimum Gasteiger partial charge on any atom is -0.501 e. The highest BCUT2D eigenvalue weighted by atomic mass is 28.4. The van der Waals surface area contributed by atoms with Crippen LogP contribution in [-0.4, -0.2) is 21.5 Å². The molecular formula is C18H34O2Si. The lowest BCUT2D eigenvalue weighted by Crippen LogP contribution is -2.43. The van der Waals surface area contributed by atoms with Crippen molar-refractivity contribution < 1.29 is 9.16 Å². The number of hydrogen-bond acceptors (Lipinski definition) is 2. The van der Waals surface area contributed by atoms with E-state index >= 15 is 0 Å². The molecule has 0 saturated carbocycles. The van der Waals surface area contributed by atoms with Gasteiger partial charge in [-0.1, -0.05) is 39.8 Å². The Morgan fingerprint density at radius 3 is 2.33 bits per heavy atom. The summed E-state index contributed by atoms with van der Waals surface area (Å²) in [5, 5.41) is 0.283. The van der Waals surface area contributed by atoms with Gasteiger partial charge in [-0.3, -0.25) is 0 Å². The van der Waals surface area contributed by atoms with Crippen molar-refractivity contribution in [2.75, 3.05) is 7.11 Å². The molecule has 0 bridgehead atoms. The topological polar surface area (TPSA) is 18.5 Å². The molecule has 0 aliphatic heterocycles. The molecule has 2 nitrogen and oxygen atoms in total. The summed E-state index contributed by atoms with van der Waals surface area (Å²) in [4.78, 5) is 0. The Morgan fingerprint density at radius 1 is 1.19 bits per heavy atom. The molecule has 1 unspecified atom stereocenters. The van der Waals surface area contributed by atoms with Crippen LogP contribution in [0.25, 0.3) is 0 Å². The van der Waals surface area contributed by atoms with Gasteiger partial charge < -0.3 is 9.16 Å². The van der Waals surface area contributed by atoms with E-state index in [0.717, 1.165) is 32.1 Å². The molecule has 1 aliphatic rings. The summed E-state index contributed by atoms with van der Waals surface area (Å²) in [6.45, 7) is 13.9. The molecule has 0 radical (unpaired) electrons. The summed E-state index contributed by atoms with van der Waals surface area (Å²) in [5.74, 6) is 1.17. The zero-order valence-electron chi connectivity index (χ0n) is 15.1. The largest absolute Gasteiger partial charge is 0.501 e. The number of methoxy groups -OCH3 is 1. The van der Waals surface area contributed by atoms with Crippen LogP contribution in [0.1, 0.15) is 59.8 Å². The molecule has 122 valence electrons. The van der Waals surface area contributed by atoms with Crippen LogP contribution in [0.3, 0.4) is 0 Å². The standard InChI is InChI=1S/C18H34O2Si/c1-8-16(20-21(6,7)18(2,3)4)14-13-15-11-9-10-12-17(15)19-5/h9-10,16H,8,11-14H2,1-7H3. The van der Waals surface area contributed by atoms with E-state index in [-0.39, 0.29) is 5.04 Å². The van der Waals surface area contributed by atoms with E-state index in [4.69, 9.17) is 9.16 Å². The predicted octanol–water partition coefficient (Wildman–Crippen LogP) is 5.82. The SMILES string of the molecule is CCC(CCC1=C(OC)CC=CC1)O[Si](C)(C)C(C)(C)C. The van der Waals surface area contributed by atoms with Gasteiger partial charge in [0, 0.05) is 12.5 Å². The van der Waals surface area contributed by atoms with Crippen LogP contribution in [0.2, 0.25) is 18.1 Å². The number of ether oxygens (including phenoxy) is 1. The van der Waals surface area contributed by atoms with E-state index in [2.05, 4.69) is 52.9 Å². The fraction of sp³-hybridized carbons (Fsp3) is 0.778. The third-order valence-corrected chi connectivity index (χ3v) is 9.50. The number of allylic oxidation sites excluding steroid dienone is 3. The van der Waals surface area contributed by atoms with Crippen LogP contribution in [-0.2, 0) is 9.16 Å². The zero-order chi connectivity index (χ0) is 16.1. The Hall–Kier alpha value is -0.543. The first kappa shape index (κ1) is 18.5. The van der Waals surface area contributed by atoms with Gasteiger partial charge in [0.1, 0.15) is 0 Å². The Morgan fingerprint density at radius 2 is 1.81 bits per heavy atom. The minimum absolute atomic E-state index is 0.283. The van der Waals surface area contributed by atoms with Gasteiger partial charge in [0.05, 0.1) is 12.9 Å². The highest BCUT2D eigenvalue weighted by molar-refractivity contribution is 6.74. The number of rotatable bonds is 7. The lowest BCUT2D eigenvalue weighted by Gasteiger charge is -2.39. The van der Waals surface area contributed by atoms with Gasteiger partial charge in [-0.2, -0.15) is 0 Å². The molecule has 3 heteroatoms. The lowest BCUT2D eigenvalue weighted by molar-refractivity contribution is 0.166. The van der Waals surface area contributed by atoms with Crippen molar-refractivity contribution in [3.8, 4) is 0 Å². The normalized spacial score (nSPS) is 18.0. The third kappa shape index (κ3) is 5.30. The van der Waals surface area contributed by atoms with E-state index in [1.807, 2.05) is 0 Å². The van der Waals surface area contributed by atoms with Crippen molar-refractivity contribution in [2.45, 2.75) is 84.0 Å². The summed E-state index contributed by atoms with van der Waals surface area (Å²) >= 11 is 0. The van der Waals surface area contributed by atoms with E-state index in [0.29, 0.717) is 6.10 Å². The minimum atomic E-state index is -1.66. The van der Waals surface area contributed by atoms with Crippen LogP contribution in [0, 0.1) is 0 Å². The van der Waals surface area contributed by atoms with Gasteiger partial charge in [-0.05, 0) is 49.4 Å². The highest BCUT2D eigenvalue weighted by Crippen LogP contribution is 2.38. The maximum Gasteiger partial charge on any atom is 0.192 e. The van der Waals surface area contributed by atoms with Gasteiger partial charge >= 0.3 is 0 Å². The van der Waals surface area contributed by atoms with Gasteiger partial charge in [0.25, 0.3) is 0 Å². The molecule has 0 spiro atoms. The molecule has 0 fully saturated rings. The molecule has 1 aliphatic carbocycles. The van der Waals surface area contributed by atoms with Crippen LogP contribution in [0.5, 0.6) is 0 Å². The van der Waals surface area contributed by atoms with Crippen molar-refractivity contribution in [1.29, 1.82) is 0 Å². The van der Waals surface area contributed by atoms with Crippen LogP contribution < -0.4 is 0 Å². The lowest BCUT2D eigenvalue weighted by atomic mass is 9.97. The molecule has 0 heterocycles. The average Bonchev–Trinajstić information content (AvgIpc) is 2.42. The van der Waals surface area contributed by atoms with E-state index in [9.17, 15) is 0 Å².